The summed E-state index contributed by atoms with van der Waals surface area (Å²) >= 11 is 0. The summed E-state index contributed by atoms with van der Waals surface area (Å²) in [4.78, 5) is 0. The topological polar surface area (TPSA) is 47.6 Å². The van der Waals surface area contributed by atoms with Gasteiger partial charge in [-0.15, -0.1) is 0 Å². The smallest absolute Gasteiger partial charge is 0.131 e. The van der Waals surface area contributed by atoms with Crippen LogP contribution in [0, 0.1) is 5.82 Å². The Balaban J connectivity index is 2.52. The number of fused-ring (bicyclic) bond motifs is 1. The van der Waals surface area contributed by atoms with Gasteiger partial charge in [0.05, 0.1) is 12.3 Å². The highest BCUT2D eigenvalue weighted by Crippen LogP contribution is 2.25. The summed E-state index contributed by atoms with van der Waals surface area (Å²) in [6.45, 7) is 0.506. The summed E-state index contributed by atoms with van der Waals surface area (Å²) in [5.74, 6) is 5.41. The molecule has 0 radical (unpaired) electrons. The number of hydrogen-bond acceptors (Lipinski definition) is 3. The van der Waals surface area contributed by atoms with E-state index >= 15 is 0 Å². The first-order chi connectivity index (χ1) is 6.31. The molecule has 0 aliphatic carbocycles. The van der Waals surface area contributed by atoms with Crippen LogP contribution in [0.25, 0.3) is 0 Å². The van der Waals surface area contributed by atoms with Crippen molar-refractivity contribution in [3.8, 4) is 5.75 Å². The maximum absolute atomic E-state index is 12.8. The van der Waals surface area contributed by atoms with Gasteiger partial charge in [0, 0.05) is 18.1 Å². The molecule has 1 heterocycles. The van der Waals surface area contributed by atoms with Crippen molar-refractivity contribution in [1.29, 1.82) is 0 Å². The van der Waals surface area contributed by atoms with Crippen LogP contribution in [-0.2, 0) is 0 Å². The average molecular weight is 180 g/mol. The first kappa shape index (κ1) is 8.04. The summed E-state index contributed by atoms with van der Waals surface area (Å²) in [6, 6.07) is 4.36. The summed E-state index contributed by atoms with van der Waals surface area (Å²) in [5, 5.41) is 3.63. The molecule has 0 saturated carbocycles. The van der Waals surface area contributed by atoms with Crippen LogP contribution in [-0.4, -0.2) is 12.3 Å². The normalized spacial score (nSPS) is 18.1. The van der Waals surface area contributed by atoms with E-state index in [-0.39, 0.29) is 5.82 Å². The Hall–Kier alpha value is -1.58. The van der Waals surface area contributed by atoms with Crippen LogP contribution < -0.4 is 10.6 Å². The van der Waals surface area contributed by atoms with E-state index < -0.39 is 0 Å². The molecule has 13 heavy (non-hydrogen) atoms. The summed E-state index contributed by atoms with van der Waals surface area (Å²) < 4.78 is 18.0. The number of hydrogen-bond donors (Lipinski definition) is 1. The highest BCUT2D eigenvalue weighted by Gasteiger charge is 2.16. The van der Waals surface area contributed by atoms with Gasteiger partial charge in [-0.2, -0.15) is 5.10 Å². The van der Waals surface area contributed by atoms with Crippen molar-refractivity contribution in [3.05, 3.63) is 29.6 Å². The number of nitrogens with two attached hydrogens (primary N) is 1. The second-order valence-corrected chi connectivity index (χ2v) is 2.81. The third kappa shape index (κ3) is 1.35. The molecule has 0 atom stereocenters. The van der Waals surface area contributed by atoms with E-state index in [1.54, 1.807) is 6.07 Å². The fraction of sp³-hybridized carbons (Fsp3) is 0.222. The Morgan fingerprint density at radius 2 is 2.31 bits per heavy atom. The van der Waals surface area contributed by atoms with Gasteiger partial charge in [0.2, 0.25) is 0 Å². The van der Waals surface area contributed by atoms with Crippen LogP contribution in [0.3, 0.4) is 0 Å². The molecule has 0 amide bonds. The minimum atomic E-state index is -0.308. The fourth-order valence-corrected chi connectivity index (χ4v) is 1.38. The molecule has 0 aromatic heterocycles. The number of ether oxygens (including phenoxy) is 1. The van der Waals surface area contributed by atoms with Crippen LogP contribution in [0.15, 0.2) is 23.3 Å². The lowest BCUT2D eigenvalue weighted by Crippen LogP contribution is -2.17. The Kier molecular flexibility index (Phi) is 1.88. The second-order valence-electron chi connectivity index (χ2n) is 2.81. The molecule has 1 aromatic rings. The zero-order valence-corrected chi connectivity index (χ0v) is 6.96. The third-order valence-corrected chi connectivity index (χ3v) is 2.01. The van der Waals surface area contributed by atoms with Crippen LogP contribution >= 0.6 is 0 Å². The molecule has 0 unspecified atom stereocenters. The maximum Gasteiger partial charge on any atom is 0.131 e. The molecular formula is C9H9FN2O. The van der Waals surface area contributed by atoms with Gasteiger partial charge in [-0.3, -0.25) is 0 Å². The van der Waals surface area contributed by atoms with E-state index in [2.05, 4.69) is 5.10 Å². The molecule has 1 aliphatic rings. The molecule has 68 valence electrons. The number of rotatable bonds is 0. The molecule has 4 heteroatoms. The summed E-state index contributed by atoms with van der Waals surface area (Å²) in [7, 11) is 0. The van der Waals surface area contributed by atoms with Crippen LogP contribution in [0.2, 0.25) is 0 Å². The van der Waals surface area contributed by atoms with Gasteiger partial charge in [-0.25, -0.2) is 4.39 Å². The predicted octanol–water partition coefficient (Wildman–Crippen LogP) is 1.27. The molecule has 1 aliphatic heterocycles. The van der Waals surface area contributed by atoms with E-state index in [0.29, 0.717) is 18.8 Å². The largest absolute Gasteiger partial charge is 0.492 e. The van der Waals surface area contributed by atoms with Crippen LogP contribution in [0.5, 0.6) is 5.75 Å². The Morgan fingerprint density at radius 1 is 1.46 bits per heavy atom. The first-order valence-electron chi connectivity index (χ1n) is 4.01. The fourth-order valence-electron chi connectivity index (χ4n) is 1.38. The molecule has 2 N–H and O–H groups in total. The molecule has 0 saturated heterocycles. The Bertz CT molecular complexity index is 363. The lowest BCUT2D eigenvalue weighted by molar-refractivity contribution is 0.318. The molecule has 0 bridgehead atoms. The van der Waals surface area contributed by atoms with Gasteiger partial charge in [0.1, 0.15) is 11.6 Å². The predicted molar refractivity (Wildman–Crippen MR) is 47.2 cm³/mol. The monoisotopic (exact) mass is 180 g/mol. The van der Waals surface area contributed by atoms with Crippen molar-refractivity contribution >= 4 is 5.71 Å². The summed E-state index contributed by atoms with van der Waals surface area (Å²) in [6.07, 6.45) is 0.676. The molecule has 1 aromatic carbocycles. The van der Waals surface area contributed by atoms with Gasteiger partial charge in [0.15, 0.2) is 0 Å². The van der Waals surface area contributed by atoms with Crippen molar-refractivity contribution in [2.24, 2.45) is 10.9 Å². The SMILES string of the molecule is N/N=C1\CCOc2cc(F)ccc21. The quantitative estimate of drug-likeness (QED) is 0.482. The Labute approximate surface area is 75.0 Å². The Morgan fingerprint density at radius 3 is 3.08 bits per heavy atom. The third-order valence-electron chi connectivity index (χ3n) is 2.01. The van der Waals surface area contributed by atoms with Crippen molar-refractivity contribution in [1.82, 2.24) is 0 Å². The van der Waals surface area contributed by atoms with Gasteiger partial charge in [-0.05, 0) is 12.1 Å². The molecule has 0 spiro atoms. The number of halogens is 1. The van der Waals surface area contributed by atoms with Crippen LogP contribution in [0.1, 0.15) is 12.0 Å². The second kappa shape index (κ2) is 3.05. The highest BCUT2D eigenvalue weighted by atomic mass is 19.1. The van der Waals surface area contributed by atoms with Gasteiger partial charge < -0.3 is 10.6 Å². The zero-order chi connectivity index (χ0) is 9.26. The summed E-state index contributed by atoms with van der Waals surface area (Å²) in [5.41, 5.74) is 1.55. The van der Waals surface area contributed by atoms with Crippen LogP contribution in [0.4, 0.5) is 4.39 Å². The van der Waals surface area contributed by atoms with E-state index in [0.717, 1.165) is 11.3 Å². The van der Waals surface area contributed by atoms with Gasteiger partial charge in [0.25, 0.3) is 0 Å². The lowest BCUT2D eigenvalue weighted by atomic mass is 10.0. The molecule has 0 fully saturated rings. The number of benzene rings is 1. The van der Waals surface area contributed by atoms with E-state index in [4.69, 9.17) is 10.6 Å². The minimum absolute atomic E-state index is 0.308. The van der Waals surface area contributed by atoms with Crippen molar-refractivity contribution in [2.75, 3.05) is 6.61 Å². The van der Waals surface area contributed by atoms with Crippen molar-refractivity contribution in [2.45, 2.75) is 6.42 Å². The minimum Gasteiger partial charge on any atom is -0.492 e. The van der Waals surface area contributed by atoms with E-state index in [1.807, 2.05) is 0 Å². The highest BCUT2D eigenvalue weighted by molar-refractivity contribution is 6.03. The first-order valence-corrected chi connectivity index (χ1v) is 4.01. The maximum atomic E-state index is 12.8. The van der Waals surface area contributed by atoms with E-state index in [1.165, 1.54) is 12.1 Å². The van der Waals surface area contributed by atoms with E-state index in [9.17, 15) is 4.39 Å². The van der Waals surface area contributed by atoms with Crippen molar-refractivity contribution in [3.63, 3.8) is 0 Å². The van der Waals surface area contributed by atoms with Gasteiger partial charge in [-0.1, -0.05) is 0 Å². The average Bonchev–Trinajstić information content (AvgIpc) is 2.16. The standard InChI is InChI=1S/C9H9FN2O/c10-6-1-2-7-8(12-11)3-4-13-9(7)5-6/h1-2,5H,3-4,11H2/b12-8+. The molecular weight excluding hydrogens is 171 g/mol. The van der Waals surface area contributed by atoms with Gasteiger partial charge >= 0.3 is 0 Å². The molecule has 2 rings (SSSR count). The lowest BCUT2D eigenvalue weighted by Gasteiger charge is -2.17. The number of nitrogens with zero attached hydrogens (tertiary/aromatic N) is 1. The zero-order valence-electron chi connectivity index (χ0n) is 6.96. The number of hydrazone groups is 1. The molecule has 3 nitrogen and oxygen atoms in total. The van der Waals surface area contributed by atoms with Crippen molar-refractivity contribution < 1.29 is 9.13 Å².